The average Bonchev–Trinajstić information content (AvgIpc) is 2.58. The van der Waals surface area contributed by atoms with Crippen LogP contribution in [-0.4, -0.2) is 30.4 Å². The number of hydrogen-bond donors (Lipinski definition) is 2. The van der Waals surface area contributed by atoms with Crippen molar-refractivity contribution < 1.29 is 19.1 Å². The molecular weight excluding hydrogens is 344 g/mol. The van der Waals surface area contributed by atoms with Crippen molar-refractivity contribution in [3.63, 3.8) is 0 Å². The molecule has 0 aliphatic carbocycles. The highest BCUT2D eigenvalue weighted by Gasteiger charge is 2.28. The van der Waals surface area contributed by atoms with Gasteiger partial charge in [-0.3, -0.25) is 4.79 Å². The molecule has 0 spiro atoms. The minimum Gasteiger partial charge on any atom is -0.445 e. The van der Waals surface area contributed by atoms with E-state index in [0.717, 1.165) is 11.8 Å². The van der Waals surface area contributed by atoms with Crippen LogP contribution >= 0.6 is 0 Å². The molecule has 1 rings (SSSR count). The maximum atomic E-state index is 12.6. The lowest BCUT2D eigenvalue weighted by Gasteiger charge is -2.27. The lowest BCUT2D eigenvalue weighted by atomic mass is 9.87. The molecule has 0 saturated carbocycles. The van der Waals surface area contributed by atoms with Gasteiger partial charge in [-0.2, -0.15) is 0 Å². The predicted octanol–water partition coefficient (Wildman–Crippen LogP) is 3.45. The van der Waals surface area contributed by atoms with Crippen LogP contribution in [0.4, 0.5) is 4.79 Å². The lowest BCUT2D eigenvalue weighted by Crippen LogP contribution is -2.51. The van der Waals surface area contributed by atoms with Crippen molar-refractivity contribution in [3.8, 4) is 0 Å². The highest BCUT2D eigenvalue weighted by atomic mass is 16.5. The Bertz CT molecular complexity index is 608. The number of nitrogens with one attached hydrogen (secondary N) is 2. The predicted molar refractivity (Wildman–Crippen MR) is 105 cm³/mol. The fourth-order valence-electron chi connectivity index (χ4n) is 2.67. The van der Waals surface area contributed by atoms with E-state index in [0.29, 0.717) is 12.8 Å². The van der Waals surface area contributed by atoms with E-state index in [1.807, 2.05) is 65.0 Å². The standard InChI is InChI=1S/C21H32N2O4/c1-15(2)11-17(13-24)22-19(25)18(12-21(3,4)5)23-20(26)27-14-16-9-7-6-8-10-16/h6-10,13,15,17-18H,11-12,14H2,1-5H3,(H,22,25)(H,23,26)/t17-,18-/m0/s1. The van der Waals surface area contributed by atoms with Crippen LogP contribution in [0.2, 0.25) is 0 Å². The zero-order valence-electron chi connectivity index (χ0n) is 17.0. The number of carbonyl (C=O) groups is 3. The highest BCUT2D eigenvalue weighted by molar-refractivity contribution is 5.87. The second-order valence-electron chi connectivity index (χ2n) is 8.40. The Morgan fingerprint density at radius 1 is 1.11 bits per heavy atom. The molecule has 27 heavy (non-hydrogen) atoms. The number of amides is 2. The van der Waals surface area contributed by atoms with Crippen molar-refractivity contribution in [1.82, 2.24) is 10.6 Å². The van der Waals surface area contributed by atoms with E-state index in [2.05, 4.69) is 10.6 Å². The van der Waals surface area contributed by atoms with Gasteiger partial charge >= 0.3 is 6.09 Å². The first-order chi connectivity index (χ1) is 12.6. The van der Waals surface area contributed by atoms with Crippen molar-refractivity contribution in [2.24, 2.45) is 11.3 Å². The summed E-state index contributed by atoms with van der Waals surface area (Å²) in [5.41, 5.74) is 0.672. The van der Waals surface area contributed by atoms with Gasteiger partial charge in [0.15, 0.2) is 0 Å². The Morgan fingerprint density at radius 2 is 1.74 bits per heavy atom. The van der Waals surface area contributed by atoms with Crippen LogP contribution in [0.25, 0.3) is 0 Å². The molecule has 2 N–H and O–H groups in total. The maximum absolute atomic E-state index is 12.6. The molecule has 2 amide bonds. The summed E-state index contributed by atoms with van der Waals surface area (Å²) in [7, 11) is 0. The number of rotatable bonds is 9. The lowest BCUT2D eigenvalue weighted by molar-refractivity contribution is -0.126. The first-order valence-electron chi connectivity index (χ1n) is 9.33. The van der Waals surface area contributed by atoms with E-state index >= 15 is 0 Å². The van der Waals surface area contributed by atoms with Crippen LogP contribution in [0.5, 0.6) is 0 Å². The average molecular weight is 376 g/mol. The molecule has 2 atom stereocenters. The van der Waals surface area contributed by atoms with Crippen LogP contribution in [0.15, 0.2) is 30.3 Å². The third kappa shape index (κ3) is 9.78. The zero-order valence-corrected chi connectivity index (χ0v) is 17.0. The Labute approximate surface area is 162 Å². The Kier molecular flexibility index (Phi) is 8.98. The SMILES string of the molecule is CC(C)C[C@@H](C=O)NC(=O)[C@H](CC(C)(C)C)NC(=O)OCc1ccccc1. The van der Waals surface area contributed by atoms with Crippen LogP contribution in [0.1, 0.15) is 53.0 Å². The summed E-state index contributed by atoms with van der Waals surface area (Å²) in [5.74, 6) is -0.107. The summed E-state index contributed by atoms with van der Waals surface area (Å²) in [6.07, 6.45) is 1.05. The summed E-state index contributed by atoms with van der Waals surface area (Å²) in [5, 5.41) is 5.36. The number of ether oxygens (including phenoxy) is 1. The molecular formula is C21H32N2O4. The van der Waals surface area contributed by atoms with Gasteiger partial charge in [-0.1, -0.05) is 65.0 Å². The number of carbonyl (C=O) groups excluding carboxylic acids is 3. The summed E-state index contributed by atoms with van der Waals surface area (Å²) in [4.78, 5) is 36.0. The van der Waals surface area contributed by atoms with Gasteiger partial charge in [-0.05, 0) is 29.7 Å². The fourth-order valence-corrected chi connectivity index (χ4v) is 2.67. The van der Waals surface area contributed by atoms with Crippen LogP contribution in [0.3, 0.4) is 0 Å². The molecule has 6 nitrogen and oxygen atoms in total. The van der Waals surface area contributed by atoms with Gasteiger partial charge in [0.1, 0.15) is 18.9 Å². The number of benzene rings is 1. The van der Waals surface area contributed by atoms with E-state index < -0.39 is 18.2 Å². The van der Waals surface area contributed by atoms with Crippen molar-refractivity contribution in [2.45, 2.75) is 66.2 Å². The quantitative estimate of drug-likeness (QED) is 0.647. The first kappa shape index (κ1) is 22.7. The molecule has 0 saturated heterocycles. The van der Waals surface area contributed by atoms with Crippen LogP contribution in [-0.2, 0) is 20.9 Å². The van der Waals surface area contributed by atoms with Gasteiger partial charge in [0.2, 0.25) is 5.91 Å². The summed E-state index contributed by atoms with van der Waals surface area (Å²) in [6, 6.07) is 7.97. The van der Waals surface area contributed by atoms with Crippen molar-refractivity contribution in [2.75, 3.05) is 0 Å². The summed E-state index contributed by atoms with van der Waals surface area (Å²) >= 11 is 0. The van der Waals surface area contributed by atoms with Crippen LogP contribution in [0, 0.1) is 11.3 Å². The molecule has 0 unspecified atom stereocenters. The molecule has 0 radical (unpaired) electrons. The normalized spacial score (nSPS) is 13.6. The molecule has 0 bridgehead atoms. The Hall–Kier alpha value is -2.37. The van der Waals surface area contributed by atoms with Crippen molar-refractivity contribution in [3.05, 3.63) is 35.9 Å². The first-order valence-corrected chi connectivity index (χ1v) is 9.33. The summed E-state index contributed by atoms with van der Waals surface area (Å²) in [6.45, 7) is 10.0. The number of hydrogen-bond acceptors (Lipinski definition) is 4. The minimum absolute atomic E-state index is 0.126. The van der Waals surface area contributed by atoms with Gasteiger partial charge in [0.05, 0.1) is 6.04 Å². The third-order valence-corrected chi connectivity index (χ3v) is 3.86. The highest BCUT2D eigenvalue weighted by Crippen LogP contribution is 2.21. The summed E-state index contributed by atoms with van der Waals surface area (Å²) < 4.78 is 5.22. The largest absolute Gasteiger partial charge is 0.445 e. The molecule has 1 aromatic rings. The van der Waals surface area contributed by atoms with Gasteiger partial charge < -0.3 is 20.2 Å². The maximum Gasteiger partial charge on any atom is 0.408 e. The number of aldehydes is 1. The molecule has 6 heteroatoms. The van der Waals surface area contributed by atoms with E-state index in [1.54, 1.807) is 0 Å². The Morgan fingerprint density at radius 3 is 2.26 bits per heavy atom. The van der Waals surface area contributed by atoms with E-state index in [9.17, 15) is 14.4 Å². The second kappa shape index (κ2) is 10.7. The minimum atomic E-state index is -0.775. The molecule has 0 fully saturated rings. The van der Waals surface area contributed by atoms with E-state index in [4.69, 9.17) is 4.74 Å². The van der Waals surface area contributed by atoms with Crippen molar-refractivity contribution >= 4 is 18.3 Å². The number of alkyl carbamates (subject to hydrolysis) is 1. The fraction of sp³-hybridized carbons (Fsp3) is 0.571. The van der Waals surface area contributed by atoms with Gasteiger partial charge in [0.25, 0.3) is 0 Å². The van der Waals surface area contributed by atoms with E-state index in [-0.39, 0.29) is 23.8 Å². The molecule has 1 aromatic carbocycles. The Balaban J connectivity index is 2.70. The molecule has 150 valence electrons. The second-order valence-corrected chi connectivity index (χ2v) is 8.40. The zero-order chi connectivity index (χ0) is 20.4. The topological polar surface area (TPSA) is 84.5 Å². The smallest absolute Gasteiger partial charge is 0.408 e. The van der Waals surface area contributed by atoms with E-state index in [1.165, 1.54) is 0 Å². The monoisotopic (exact) mass is 376 g/mol. The van der Waals surface area contributed by atoms with Crippen molar-refractivity contribution in [1.29, 1.82) is 0 Å². The molecule has 0 aliphatic rings. The van der Waals surface area contributed by atoms with Gasteiger partial charge in [0, 0.05) is 0 Å². The molecule has 0 aliphatic heterocycles. The van der Waals surface area contributed by atoms with Crippen LogP contribution < -0.4 is 10.6 Å². The molecule has 0 heterocycles. The van der Waals surface area contributed by atoms with Gasteiger partial charge in [-0.15, -0.1) is 0 Å². The van der Waals surface area contributed by atoms with Gasteiger partial charge in [-0.25, -0.2) is 4.79 Å². The third-order valence-electron chi connectivity index (χ3n) is 3.86. The molecule has 0 aromatic heterocycles.